The summed E-state index contributed by atoms with van der Waals surface area (Å²) >= 11 is 0. The molecule has 0 amide bonds. The number of Topliss-reactive ketones (excluding diaryl/α,β-unsaturated/α-hetero) is 1. The highest BCUT2D eigenvalue weighted by molar-refractivity contribution is 5.84. The van der Waals surface area contributed by atoms with Gasteiger partial charge in [-0.05, 0) is 43.1 Å². The van der Waals surface area contributed by atoms with Gasteiger partial charge in [-0.1, -0.05) is 34.1 Å². The fourth-order valence-corrected chi connectivity index (χ4v) is 6.46. The summed E-state index contributed by atoms with van der Waals surface area (Å²) in [5.41, 5.74) is -0.303. The normalized spacial score (nSPS) is 51.2. The third-order valence-electron chi connectivity index (χ3n) is 7.88. The van der Waals surface area contributed by atoms with Crippen molar-refractivity contribution in [3.63, 3.8) is 0 Å². The second kappa shape index (κ2) is 4.62. The molecule has 0 aromatic heterocycles. The lowest BCUT2D eigenvalue weighted by Gasteiger charge is -2.63. The maximum Gasteiger partial charge on any atom is 0.138 e. The molecule has 5 unspecified atom stereocenters. The maximum atomic E-state index is 12.9. The van der Waals surface area contributed by atoms with Crippen molar-refractivity contribution in [2.45, 2.75) is 77.4 Å². The second-order valence-corrected chi connectivity index (χ2v) is 9.37. The number of hydrogen-bond donors (Lipinski definition) is 0. The van der Waals surface area contributed by atoms with Gasteiger partial charge in [0.15, 0.2) is 0 Å². The summed E-state index contributed by atoms with van der Waals surface area (Å²) in [4.78, 5) is 12.9. The van der Waals surface area contributed by atoms with Crippen LogP contribution in [0, 0.1) is 22.7 Å². The molecule has 4 rings (SSSR count). The van der Waals surface area contributed by atoms with Crippen molar-refractivity contribution in [3.05, 3.63) is 12.3 Å². The molecule has 4 aliphatic rings. The van der Waals surface area contributed by atoms with Crippen LogP contribution in [0.3, 0.4) is 0 Å². The first-order valence-corrected chi connectivity index (χ1v) is 9.27. The van der Waals surface area contributed by atoms with Crippen LogP contribution in [0.15, 0.2) is 12.3 Å². The molecule has 3 nitrogen and oxygen atoms in total. The van der Waals surface area contributed by atoms with E-state index in [2.05, 4.69) is 33.8 Å². The molecule has 3 heteroatoms. The standard InChI is InChI=1S/C20H30O3/c1-14-15(21)12-16-17(2,3)6-5-7-18(16,4)20(14)9-8-19(23-20)10-11-22-13-19/h10-11,14,16H,5-9,12-13H2,1-4H3. The summed E-state index contributed by atoms with van der Waals surface area (Å²) in [6.45, 7) is 9.86. The van der Waals surface area contributed by atoms with Gasteiger partial charge in [0.05, 0.1) is 11.9 Å². The molecule has 23 heavy (non-hydrogen) atoms. The molecular formula is C20H30O3. The molecule has 2 aliphatic carbocycles. The summed E-state index contributed by atoms with van der Waals surface area (Å²) in [5, 5.41) is 0. The summed E-state index contributed by atoms with van der Waals surface area (Å²) in [6.07, 6.45) is 10.2. The Kier molecular flexibility index (Phi) is 3.15. The quantitative estimate of drug-likeness (QED) is 0.669. The molecule has 0 radical (unpaired) electrons. The van der Waals surface area contributed by atoms with E-state index in [-0.39, 0.29) is 27.9 Å². The third kappa shape index (κ3) is 1.89. The molecule has 0 N–H and O–H groups in total. The van der Waals surface area contributed by atoms with Gasteiger partial charge in [0.25, 0.3) is 0 Å². The summed E-state index contributed by atoms with van der Waals surface area (Å²) in [7, 11) is 0. The highest BCUT2D eigenvalue weighted by Crippen LogP contribution is 2.67. The maximum absolute atomic E-state index is 12.9. The van der Waals surface area contributed by atoms with Crippen molar-refractivity contribution < 1.29 is 14.3 Å². The van der Waals surface area contributed by atoms with Crippen molar-refractivity contribution in [3.8, 4) is 0 Å². The van der Waals surface area contributed by atoms with E-state index in [0.717, 1.165) is 19.3 Å². The summed E-state index contributed by atoms with van der Waals surface area (Å²) in [5.74, 6) is 0.822. The second-order valence-electron chi connectivity index (χ2n) is 9.37. The molecule has 0 aromatic rings. The van der Waals surface area contributed by atoms with Crippen LogP contribution >= 0.6 is 0 Å². The minimum absolute atomic E-state index is 0.00831. The highest BCUT2D eigenvalue weighted by atomic mass is 16.6. The van der Waals surface area contributed by atoms with Gasteiger partial charge < -0.3 is 9.47 Å². The fraction of sp³-hybridized carbons (Fsp3) is 0.850. The number of carbonyl (C=O) groups is 1. The molecule has 2 heterocycles. The van der Waals surface area contributed by atoms with Crippen molar-refractivity contribution in [2.24, 2.45) is 22.7 Å². The molecule has 128 valence electrons. The lowest BCUT2D eigenvalue weighted by molar-refractivity contribution is -0.234. The van der Waals surface area contributed by atoms with Crippen molar-refractivity contribution in [1.82, 2.24) is 0 Å². The van der Waals surface area contributed by atoms with E-state index in [4.69, 9.17) is 9.47 Å². The average molecular weight is 318 g/mol. The first-order valence-electron chi connectivity index (χ1n) is 9.27. The first-order chi connectivity index (χ1) is 10.7. The molecular weight excluding hydrogens is 288 g/mol. The predicted octanol–water partition coefficient (Wildman–Crippen LogP) is 4.26. The van der Waals surface area contributed by atoms with Gasteiger partial charge in [0.1, 0.15) is 18.0 Å². The number of fused-ring (bicyclic) bond motifs is 2. The van der Waals surface area contributed by atoms with Gasteiger partial charge in [-0.25, -0.2) is 0 Å². The summed E-state index contributed by atoms with van der Waals surface area (Å²) in [6, 6.07) is 0. The zero-order valence-electron chi connectivity index (χ0n) is 15.0. The van der Waals surface area contributed by atoms with Crippen LogP contribution in [-0.4, -0.2) is 23.6 Å². The van der Waals surface area contributed by atoms with Gasteiger partial charge >= 0.3 is 0 Å². The number of rotatable bonds is 0. The van der Waals surface area contributed by atoms with Crippen LogP contribution in [0.25, 0.3) is 0 Å². The van der Waals surface area contributed by atoms with E-state index in [1.807, 2.05) is 0 Å². The van der Waals surface area contributed by atoms with Crippen molar-refractivity contribution in [1.29, 1.82) is 0 Å². The predicted molar refractivity (Wildman–Crippen MR) is 88.9 cm³/mol. The van der Waals surface area contributed by atoms with E-state index in [1.54, 1.807) is 6.26 Å². The van der Waals surface area contributed by atoms with Crippen molar-refractivity contribution >= 4 is 5.78 Å². The SMILES string of the molecule is CC1C(=O)CC2C(C)(C)CCCC2(C)C12CCC1(C=COC1)O2. The Morgan fingerprint density at radius 3 is 2.61 bits per heavy atom. The smallest absolute Gasteiger partial charge is 0.138 e. The van der Waals surface area contributed by atoms with E-state index in [0.29, 0.717) is 18.3 Å². The molecule has 3 fully saturated rings. The molecule has 2 aliphatic heterocycles. The number of ether oxygens (including phenoxy) is 2. The molecule has 5 atom stereocenters. The molecule has 2 spiro atoms. The topological polar surface area (TPSA) is 35.5 Å². The van der Waals surface area contributed by atoms with Crippen molar-refractivity contribution in [2.75, 3.05) is 6.61 Å². The lowest BCUT2D eigenvalue weighted by Crippen LogP contribution is -2.65. The number of hydrogen-bond acceptors (Lipinski definition) is 3. The van der Waals surface area contributed by atoms with Crippen LogP contribution in [-0.2, 0) is 14.3 Å². The van der Waals surface area contributed by atoms with E-state index in [1.165, 1.54) is 19.3 Å². The third-order valence-corrected chi connectivity index (χ3v) is 7.88. The zero-order chi connectivity index (χ0) is 16.5. The Hall–Kier alpha value is -0.830. The summed E-state index contributed by atoms with van der Waals surface area (Å²) < 4.78 is 12.4. The van der Waals surface area contributed by atoms with E-state index in [9.17, 15) is 4.79 Å². The lowest BCUT2D eigenvalue weighted by atomic mass is 9.44. The van der Waals surface area contributed by atoms with Gasteiger partial charge in [-0.2, -0.15) is 0 Å². The Morgan fingerprint density at radius 2 is 1.91 bits per heavy atom. The Balaban J connectivity index is 1.80. The van der Waals surface area contributed by atoms with Gasteiger partial charge in [-0.15, -0.1) is 0 Å². The average Bonchev–Trinajstić information content (AvgIpc) is 3.10. The molecule has 0 aromatic carbocycles. The monoisotopic (exact) mass is 318 g/mol. The molecule has 1 saturated heterocycles. The fourth-order valence-electron chi connectivity index (χ4n) is 6.46. The van der Waals surface area contributed by atoms with Gasteiger partial charge in [0, 0.05) is 17.8 Å². The van der Waals surface area contributed by atoms with Crippen LogP contribution in [0.4, 0.5) is 0 Å². The number of carbonyl (C=O) groups excluding carboxylic acids is 1. The van der Waals surface area contributed by atoms with E-state index >= 15 is 0 Å². The van der Waals surface area contributed by atoms with Gasteiger partial charge in [0.2, 0.25) is 0 Å². The highest BCUT2D eigenvalue weighted by Gasteiger charge is 2.69. The molecule has 2 saturated carbocycles. The van der Waals surface area contributed by atoms with Crippen LogP contribution in [0.1, 0.15) is 66.2 Å². The van der Waals surface area contributed by atoms with Crippen LogP contribution in [0.2, 0.25) is 0 Å². The van der Waals surface area contributed by atoms with Crippen LogP contribution < -0.4 is 0 Å². The van der Waals surface area contributed by atoms with Crippen LogP contribution in [0.5, 0.6) is 0 Å². The Labute approximate surface area is 139 Å². The minimum atomic E-state index is -0.317. The Bertz CT molecular complexity index is 565. The van der Waals surface area contributed by atoms with E-state index < -0.39 is 0 Å². The van der Waals surface area contributed by atoms with Gasteiger partial charge in [-0.3, -0.25) is 4.79 Å². The zero-order valence-corrected chi connectivity index (χ0v) is 15.0. The number of ketones is 1. The minimum Gasteiger partial charge on any atom is -0.498 e. The molecule has 0 bridgehead atoms. The largest absolute Gasteiger partial charge is 0.498 e. The first kappa shape index (κ1) is 15.7. The Morgan fingerprint density at radius 1 is 1.13 bits per heavy atom.